The van der Waals surface area contributed by atoms with Crippen molar-refractivity contribution in [1.82, 2.24) is 0 Å². The average molecular weight is 425 g/mol. The number of anilines is 1. The summed E-state index contributed by atoms with van der Waals surface area (Å²) in [5, 5.41) is 11.6. The number of rotatable bonds is 5. The highest BCUT2D eigenvalue weighted by molar-refractivity contribution is 6.20. The molecule has 0 spiro atoms. The Bertz CT molecular complexity index is 1340. The van der Waals surface area contributed by atoms with E-state index in [4.69, 9.17) is 9.15 Å². The molecule has 1 atom stereocenters. The summed E-state index contributed by atoms with van der Waals surface area (Å²) in [7, 11) is 1.52. The molecule has 1 aliphatic rings. The zero-order valence-corrected chi connectivity index (χ0v) is 17.2. The maximum absolute atomic E-state index is 13.6. The summed E-state index contributed by atoms with van der Waals surface area (Å²) in [4.78, 5) is 28.2. The van der Waals surface area contributed by atoms with Gasteiger partial charge < -0.3 is 14.3 Å². The Morgan fingerprint density at radius 1 is 0.969 bits per heavy atom. The molecule has 6 nitrogen and oxygen atoms in total. The molecule has 2 heterocycles. The van der Waals surface area contributed by atoms with E-state index in [2.05, 4.69) is 0 Å². The van der Waals surface area contributed by atoms with Gasteiger partial charge in [-0.15, -0.1) is 0 Å². The van der Waals surface area contributed by atoms with Crippen LogP contribution >= 0.6 is 0 Å². The van der Waals surface area contributed by atoms with Crippen LogP contribution in [0.1, 0.15) is 22.2 Å². The molecule has 1 amide bonds. The lowest BCUT2D eigenvalue weighted by Gasteiger charge is -2.27. The molecule has 6 heteroatoms. The molecule has 0 fully saturated rings. The van der Waals surface area contributed by atoms with Crippen molar-refractivity contribution in [3.63, 3.8) is 0 Å². The van der Waals surface area contributed by atoms with Crippen LogP contribution in [0.25, 0.3) is 11.0 Å². The van der Waals surface area contributed by atoms with Gasteiger partial charge in [-0.3, -0.25) is 14.5 Å². The van der Waals surface area contributed by atoms with Crippen LogP contribution in [0.15, 0.2) is 101 Å². The number of ketones is 1. The number of benzene rings is 3. The number of hydrogen-bond donors (Lipinski definition) is 1. The van der Waals surface area contributed by atoms with E-state index in [1.165, 1.54) is 12.0 Å². The second kappa shape index (κ2) is 7.74. The Balaban J connectivity index is 1.70. The predicted octanol–water partition coefficient (Wildman–Crippen LogP) is 5.22. The molecule has 4 aromatic rings. The largest absolute Gasteiger partial charge is 0.503 e. The minimum Gasteiger partial charge on any atom is -0.503 e. The fourth-order valence-corrected chi connectivity index (χ4v) is 4.11. The number of Topliss-reactive ketones (excluding diaryl/α,β-unsaturated/α-hetero) is 1. The lowest BCUT2D eigenvalue weighted by molar-refractivity contribution is -0.117. The average Bonchev–Trinajstić information content (AvgIpc) is 3.38. The number of aliphatic hydroxyl groups excluding tert-OH is 1. The second-order valence-corrected chi connectivity index (χ2v) is 7.40. The molecule has 5 rings (SSSR count). The summed E-state index contributed by atoms with van der Waals surface area (Å²) in [5.74, 6) is -1.27. The van der Waals surface area contributed by atoms with Gasteiger partial charge in [0.2, 0.25) is 5.78 Å². The molecular weight excluding hydrogens is 406 g/mol. The van der Waals surface area contributed by atoms with Crippen molar-refractivity contribution in [3.8, 4) is 5.75 Å². The van der Waals surface area contributed by atoms with E-state index in [1.807, 2.05) is 24.3 Å². The number of methoxy groups -OCH3 is 1. The van der Waals surface area contributed by atoms with E-state index in [9.17, 15) is 14.7 Å². The van der Waals surface area contributed by atoms with Gasteiger partial charge in [-0.2, -0.15) is 0 Å². The van der Waals surface area contributed by atoms with Gasteiger partial charge in [-0.1, -0.05) is 54.6 Å². The van der Waals surface area contributed by atoms with E-state index >= 15 is 0 Å². The number of para-hydroxylation sites is 3. The van der Waals surface area contributed by atoms with Gasteiger partial charge in [-0.25, -0.2) is 0 Å². The van der Waals surface area contributed by atoms with Crippen molar-refractivity contribution in [1.29, 1.82) is 0 Å². The third-order valence-electron chi connectivity index (χ3n) is 5.57. The van der Waals surface area contributed by atoms with Gasteiger partial charge >= 0.3 is 0 Å². The van der Waals surface area contributed by atoms with Gasteiger partial charge in [-0.05, 0) is 30.3 Å². The number of nitrogens with zero attached hydrogens (tertiary/aromatic N) is 1. The summed E-state index contributed by atoms with van der Waals surface area (Å²) in [6.45, 7) is 0. The first-order chi connectivity index (χ1) is 15.6. The van der Waals surface area contributed by atoms with Crippen LogP contribution in [0.4, 0.5) is 5.69 Å². The Morgan fingerprint density at radius 2 is 1.66 bits per heavy atom. The number of ether oxygens (including phenoxy) is 1. The molecule has 0 saturated heterocycles. The lowest BCUT2D eigenvalue weighted by atomic mass is 9.94. The molecule has 1 unspecified atom stereocenters. The molecule has 32 heavy (non-hydrogen) atoms. The molecule has 0 radical (unpaired) electrons. The summed E-state index contributed by atoms with van der Waals surface area (Å²) >= 11 is 0. The number of carbonyl (C=O) groups is 2. The quantitative estimate of drug-likeness (QED) is 0.443. The molecule has 0 bridgehead atoms. The van der Waals surface area contributed by atoms with Crippen LogP contribution in [0.5, 0.6) is 5.75 Å². The van der Waals surface area contributed by atoms with Crippen molar-refractivity contribution in [2.75, 3.05) is 12.0 Å². The first kappa shape index (κ1) is 19.6. The number of aliphatic hydroxyl groups is 1. The van der Waals surface area contributed by atoms with E-state index in [0.29, 0.717) is 22.6 Å². The van der Waals surface area contributed by atoms with Gasteiger partial charge in [0, 0.05) is 16.6 Å². The number of furan rings is 1. The van der Waals surface area contributed by atoms with Gasteiger partial charge in [0.15, 0.2) is 11.5 Å². The maximum atomic E-state index is 13.6. The third-order valence-corrected chi connectivity index (χ3v) is 5.57. The zero-order chi connectivity index (χ0) is 22.2. The monoisotopic (exact) mass is 425 g/mol. The van der Waals surface area contributed by atoms with E-state index in [0.717, 1.165) is 5.39 Å². The molecule has 0 aliphatic carbocycles. The highest BCUT2D eigenvalue weighted by atomic mass is 16.5. The molecular formula is C26H19NO5. The smallest absolute Gasteiger partial charge is 0.294 e. The lowest BCUT2D eigenvalue weighted by Crippen LogP contribution is -2.31. The van der Waals surface area contributed by atoms with Crippen molar-refractivity contribution in [2.45, 2.75) is 6.04 Å². The minimum absolute atomic E-state index is 0.0513. The summed E-state index contributed by atoms with van der Waals surface area (Å²) < 4.78 is 11.3. The predicted molar refractivity (Wildman–Crippen MR) is 120 cm³/mol. The fraction of sp³-hybridized carbons (Fsp3) is 0.0769. The second-order valence-electron chi connectivity index (χ2n) is 7.40. The standard InChI is InChI=1S/C26H19NO5/c1-31-20-14-8-6-12-18(20)23-22(24(28)21-15-16-9-5-7-13-19(16)32-21)25(29)26(30)27(23)17-10-3-2-4-11-17/h2-15,23,29H,1H3. The molecule has 158 valence electrons. The third kappa shape index (κ3) is 3.04. The molecule has 1 N–H and O–H groups in total. The number of amides is 1. The van der Waals surface area contributed by atoms with E-state index < -0.39 is 23.5 Å². The fourth-order valence-electron chi connectivity index (χ4n) is 4.11. The normalized spacial score (nSPS) is 16.1. The van der Waals surface area contributed by atoms with Crippen LogP contribution < -0.4 is 9.64 Å². The minimum atomic E-state index is -0.887. The summed E-state index contributed by atoms with van der Waals surface area (Å²) in [5.41, 5.74) is 1.62. The van der Waals surface area contributed by atoms with Crippen LogP contribution in [0.3, 0.4) is 0 Å². The van der Waals surface area contributed by atoms with Crippen molar-refractivity contribution in [3.05, 3.63) is 108 Å². The Hall–Kier alpha value is -4.32. The highest BCUT2D eigenvalue weighted by Crippen LogP contribution is 2.44. The van der Waals surface area contributed by atoms with E-state index in [-0.39, 0.29) is 11.3 Å². The summed E-state index contributed by atoms with van der Waals surface area (Å²) in [6.07, 6.45) is 0. The van der Waals surface area contributed by atoms with E-state index in [1.54, 1.807) is 60.7 Å². The van der Waals surface area contributed by atoms with Gasteiger partial charge in [0.05, 0.1) is 18.7 Å². The topological polar surface area (TPSA) is 80.0 Å². The first-order valence-corrected chi connectivity index (χ1v) is 10.1. The van der Waals surface area contributed by atoms with Crippen LogP contribution in [0, 0.1) is 0 Å². The van der Waals surface area contributed by atoms with Crippen LogP contribution in [-0.2, 0) is 4.79 Å². The van der Waals surface area contributed by atoms with Crippen molar-refractivity contribution >= 4 is 28.3 Å². The Labute approximate surface area is 184 Å². The van der Waals surface area contributed by atoms with Crippen molar-refractivity contribution < 1.29 is 23.8 Å². The Morgan fingerprint density at radius 3 is 2.41 bits per heavy atom. The highest BCUT2D eigenvalue weighted by Gasteiger charge is 2.46. The first-order valence-electron chi connectivity index (χ1n) is 10.1. The maximum Gasteiger partial charge on any atom is 0.294 e. The van der Waals surface area contributed by atoms with Crippen LogP contribution in [-0.4, -0.2) is 23.9 Å². The van der Waals surface area contributed by atoms with Gasteiger partial charge in [0.1, 0.15) is 11.3 Å². The van der Waals surface area contributed by atoms with Gasteiger partial charge in [0.25, 0.3) is 5.91 Å². The zero-order valence-electron chi connectivity index (χ0n) is 17.2. The molecule has 1 aliphatic heterocycles. The molecule has 0 saturated carbocycles. The number of hydrogen-bond acceptors (Lipinski definition) is 5. The number of carbonyl (C=O) groups excluding carboxylic acids is 2. The SMILES string of the molecule is COc1ccccc1C1C(C(=O)c2cc3ccccc3o2)=C(O)C(=O)N1c1ccccc1. The Kier molecular flexibility index (Phi) is 4.75. The van der Waals surface area contributed by atoms with Crippen LogP contribution in [0.2, 0.25) is 0 Å². The molecule has 1 aromatic heterocycles. The summed E-state index contributed by atoms with van der Waals surface area (Å²) in [6, 6.07) is 24.0. The van der Waals surface area contributed by atoms with Crippen molar-refractivity contribution in [2.24, 2.45) is 0 Å². The number of fused-ring (bicyclic) bond motifs is 1. The molecule has 3 aromatic carbocycles.